The summed E-state index contributed by atoms with van der Waals surface area (Å²) in [5.41, 5.74) is -0.279. The Morgan fingerprint density at radius 1 is 1.29 bits per heavy atom. The molecule has 7 heteroatoms. The predicted octanol–water partition coefficient (Wildman–Crippen LogP) is 1.52. The van der Waals surface area contributed by atoms with E-state index >= 15 is 0 Å². The molecule has 0 amide bonds. The molecule has 0 saturated carbocycles. The second-order valence-electron chi connectivity index (χ2n) is 3.38. The number of ketones is 1. The summed E-state index contributed by atoms with van der Waals surface area (Å²) in [6, 6.07) is 3.57. The van der Waals surface area contributed by atoms with Crippen LogP contribution in [0, 0.1) is 0 Å². The fourth-order valence-electron chi connectivity index (χ4n) is 1.36. The van der Waals surface area contributed by atoms with Gasteiger partial charge < -0.3 is 14.6 Å². The number of halogens is 3. The Morgan fingerprint density at radius 3 is 2.59 bits per heavy atom. The van der Waals surface area contributed by atoms with Crippen LogP contribution >= 0.6 is 0 Å². The van der Waals surface area contributed by atoms with E-state index in [1.54, 1.807) is 0 Å². The molecule has 0 bridgehead atoms. The number of rotatable bonds is 2. The molecule has 0 fully saturated rings. The first-order valence-electron chi connectivity index (χ1n) is 4.58. The van der Waals surface area contributed by atoms with E-state index in [1.807, 2.05) is 0 Å². The maximum Gasteiger partial charge on any atom is 0.421 e. The highest BCUT2D eigenvalue weighted by Gasteiger charge is 2.43. The SMILES string of the molecule is O=C(c1ccc2c(c1)OCO2)C(O)C(F)(F)F. The number of aliphatic hydroxyl groups is 1. The third-order valence-electron chi connectivity index (χ3n) is 2.22. The highest BCUT2D eigenvalue weighted by Crippen LogP contribution is 2.33. The van der Waals surface area contributed by atoms with Crippen LogP contribution in [-0.4, -0.2) is 30.0 Å². The zero-order valence-electron chi connectivity index (χ0n) is 8.32. The summed E-state index contributed by atoms with van der Waals surface area (Å²) in [5, 5.41) is 8.81. The molecule has 1 aromatic carbocycles. The fourth-order valence-corrected chi connectivity index (χ4v) is 1.36. The van der Waals surface area contributed by atoms with Gasteiger partial charge in [0.25, 0.3) is 0 Å². The summed E-state index contributed by atoms with van der Waals surface area (Å²) in [6.07, 6.45) is -8.00. The van der Waals surface area contributed by atoms with E-state index in [-0.39, 0.29) is 18.1 Å². The van der Waals surface area contributed by atoms with Gasteiger partial charge >= 0.3 is 6.18 Å². The standard InChI is InChI=1S/C10H7F3O4/c11-10(12,13)9(15)8(14)5-1-2-6-7(3-5)17-4-16-6/h1-3,9,15H,4H2. The van der Waals surface area contributed by atoms with E-state index in [1.165, 1.54) is 6.07 Å². The molecule has 0 saturated heterocycles. The summed E-state index contributed by atoms with van der Waals surface area (Å²) in [6.45, 7) is -0.0468. The first-order valence-corrected chi connectivity index (χ1v) is 4.58. The molecule has 1 aliphatic rings. The van der Waals surface area contributed by atoms with Gasteiger partial charge in [0.1, 0.15) is 0 Å². The van der Waals surface area contributed by atoms with Crippen LogP contribution < -0.4 is 9.47 Å². The maximum atomic E-state index is 12.1. The van der Waals surface area contributed by atoms with E-state index in [0.717, 1.165) is 12.1 Å². The lowest BCUT2D eigenvalue weighted by atomic mass is 10.1. The minimum atomic E-state index is -4.98. The number of carbonyl (C=O) groups excluding carboxylic acids is 1. The van der Waals surface area contributed by atoms with Crippen LogP contribution in [0.25, 0.3) is 0 Å². The summed E-state index contributed by atoms with van der Waals surface area (Å²) >= 11 is 0. The van der Waals surface area contributed by atoms with Gasteiger partial charge in [-0.3, -0.25) is 4.79 Å². The minimum Gasteiger partial charge on any atom is -0.454 e. The lowest BCUT2D eigenvalue weighted by molar-refractivity contribution is -0.186. The Balaban J connectivity index is 2.26. The molecule has 1 atom stereocenters. The van der Waals surface area contributed by atoms with Crippen LogP contribution in [0.1, 0.15) is 10.4 Å². The number of Topliss-reactive ketones (excluding diaryl/α,β-unsaturated/α-hetero) is 1. The van der Waals surface area contributed by atoms with Crippen molar-refractivity contribution in [3.05, 3.63) is 23.8 Å². The molecule has 1 N–H and O–H groups in total. The molecular weight excluding hydrogens is 241 g/mol. The number of aliphatic hydroxyl groups excluding tert-OH is 1. The van der Waals surface area contributed by atoms with Gasteiger partial charge in [-0.1, -0.05) is 0 Å². The molecule has 1 unspecified atom stereocenters. The van der Waals surface area contributed by atoms with Crippen molar-refractivity contribution in [3.63, 3.8) is 0 Å². The molecule has 0 radical (unpaired) electrons. The molecular formula is C10H7F3O4. The van der Waals surface area contributed by atoms with E-state index in [0.29, 0.717) is 5.75 Å². The highest BCUT2D eigenvalue weighted by atomic mass is 19.4. The van der Waals surface area contributed by atoms with Gasteiger partial charge in [0.15, 0.2) is 11.5 Å². The molecule has 0 aromatic heterocycles. The number of benzene rings is 1. The summed E-state index contributed by atoms with van der Waals surface area (Å²) in [5.74, 6) is -0.885. The van der Waals surface area contributed by atoms with Gasteiger partial charge in [0.05, 0.1) is 0 Å². The van der Waals surface area contributed by atoms with E-state index in [2.05, 4.69) is 0 Å². The summed E-state index contributed by atoms with van der Waals surface area (Å²) < 4.78 is 46.3. The van der Waals surface area contributed by atoms with Gasteiger partial charge in [-0.2, -0.15) is 13.2 Å². The van der Waals surface area contributed by atoms with Crippen molar-refractivity contribution >= 4 is 5.78 Å². The zero-order chi connectivity index (χ0) is 12.6. The average Bonchev–Trinajstić information content (AvgIpc) is 2.72. The normalized spacial score (nSPS) is 15.8. The van der Waals surface area contributed by atoms with Gasteiger partial charge in [0.2, 0.25) is 18.7 Å². The van der Waals surface area contributed by atoms with E-state index in [4.69, 9.17) is 14.6 Å². The summed E-state index contributed by atoms with van der Waals surface area (Å²) in [7, 11) is 0. The van der Waals surface area contributed by atoms with Crippen molar-refractivity contribution in [3.8, 4) is 11.5 Å². The quantitative estimate of drug-likeness (QED) is 0.806. The number of hydrogen-bond acceptors (Lipinski definition) is 4. The van der Waals surface area contributed by atoms with E-state index in [9.17, 15) is 18.0 Å². The molecule has 17 heavy (non-hydrogen) atoms. The van der Waals surface area contributed by atoms with Gasteiger partial charge in [-0.25, -0.2) is 0 Å². The number of alkyl halides is 3. The largest absolute Gasteiger partial charge is 0.454 e. The van der Waals surface area contributed by atoms with Gasteiger partial charge in [0, 0.05) is 5.56 Å². The Hall–Kier alpha value is -1.76. The Bertz CT molecular complexity index is 455. The molecule has 0 aliphatic carbocycles. The molecule has 0 spiro atoms. The number of carbonyl (C=O) groups is 1. The van der Waals surface area contributed by atoms with Crippen LogP contribution in [0.3, 0.4) is 0 Å². The third-order valence-corrected chi connectivity index (χ3v) is 2.22. The topological polar surface area (TPSA) is 55.8 Å². The molecule has 4 nitrogen and oxygen atoms in total. The van der Waals surface area contributed by atoms with Crippen LogP contribution in [0.5, 0.6) is 11.5 Å². The molecule has 1 heterocycles. The monoisotopic (exact) mass is 248 g/mol. The van der Waals surface area contributed by atoms with Crippen molar-refractivity contribution in [1.29, 1.82) is 0 Å². The van der Waals surface area contributed by atoms with Crippen molar-refractivity contribution in [2.45, 2.75) is 12.3 Å². The van der Waals surface area contributed by atoms with Gasteiger partial charge in [-0.15, -0.1) is 0 Å². The van der Waals surface area contributed by atoms with Crippen molar-refractivity contribution in [2.24, 2.45) is 0 Å². The number of hydrogen-bond donors (Lipinski definition) is 1. The lowest BCUT2D eigenvalue weighted by Gasteiger charge is -2.13. The lowest BCUT2D eigenvalue weighted by Crippen LogP contribution is -2.36. The molecule has 1 aliphatic heterocycles. The molecule has 1 aromatic rings. The first kappa shape index (κ1) is 11.7. The molecule has 2 rings (SSSR count). The zero-order valence-corrected chi connectivity index (χ0v) is 8.32. The van der Waals surface area contributed by atoms with Crippen LogP contribution in [0.15, 0.2) is 18.2 Å². The van der Waals surface area contributed by atoms with Crippen molar-refractivity contribution in [2.75, 3.05) is 6.79 Å². The fraction of sp³-hybridized carbons (Fsp3) is 0.300. The Labute approximate surface area is 93.6 Å². The van der Waals surface area contributed by atoms with Crippen molar-refractivity contribution in [1.82, 2.24) is 0 Å². The second-order valence-corrected chi connectivity index (χ2v) is 3.38. The first-order chi connectivity index (χ1) is 7.89. The van der Waals surface area contributed by atoms with Crippen molar-refractivity contribution < 1.29 is 32.5 Å². The third kappa shape index (κ3) is 2.19. The number of fused-ring (bicyclic) bond motifs is 1. The number of ether oxygens (including phenoxy) is 2. The smallest absolute Gasteiger partial charge is 0.421 e. The average molecular weight is 248 g/mol. The van der Waals surface area contributed by atoms with Crippen LogP contribution in [-0.2, 0) is 0 Å². The van der Waals surface area contributed by atoms with Crippen LogP contribution in [0.2, 0.25) is 0 Å². The second kappa shape index (κ2) is 3.92. The van der Waals surface area contributed by atoms with E-state index < -0.39 is 18.1 Å². The van der Waals surface area contributed by atoms with Crippen LogP contribution in [0.4, 0.5) is 13.2 Å². The minimum absolute atomic E-state index is 0.0468. The Morgan fingerprint density at radius 2 is 1.94 bits per heavy atom. The Kier molecular flexibility index (Phi) is 2.70. The maximum absolute atomic E-state index is 12.1. The van der Waals surface area contributed by atoms with Gasteiger partial charge in [-0.05, 0) is 18.2 Å². The molecule has 92 valence electrons. The highest BCUT2D eigenvalue weighted by molar-refractivity contribution is 6.00. The predicted molar refractivity (Wildman–Crippen MR) is 49.0 cm³/mol. The summed E-state index contributed by atoms with van der Waals surface area (Å²) in [4.78, 5) is 11.3.